The van der Waals surface area contributed by atoms with Crippen molar-refractivity contribution in [2.75, 3.05) is 0 Å². The number of nitrogens with zero attached hydrogens (tertiary/aromatic N) is 2. The monoisotopic (exact) mass is 694 g/mol. The second-order valence-corrected chi connectivity index (χ2v) is 13.9. The third kappa shape index (κ3) is 6.82. The Morgan fingerprint density at radius 1 is 0.392 bits per heavy atom. The molecule has 0 N–H and O–H groups in total. The molecule has 2 heterocycles. The van der Waals surface area contributed by atoms with Crippen molar-refractivity contribution in [3.63, 3.8) is 0 Å². The number of rotatable bonds is 6. The van der Waals surface area contributed by atoms with Crippen LogP contribution in [0, 0.1) is 0 Å². The molecule has 0 amide bonds. The lowest BCUT2D eigenvalue weighted by molar-refractivity contribution is -0.137. The Morgan fingerprint density at radius 2 is 0.706 bits per heavy atom. The van der Waals surface area contributed by atoms with E-state index in [0.29, 0.717) is 10.6 Å². The first-order chi connectivity index (χ1) is 24.5. The van der Waals surface area contributed by atoms with E-state index in [1.807, 2.05) is 66.7 Å². The minimum atomic E-state index is -4.48. The fourth-order valence-corrected chi connectivity index (χ4v) is 6.83. The standard InChI is InChI=1S/C45H34ClF3N2/c1-44(2,3)35-15-9-30(10-16-35)40-41(32-13-19-37(46)20-14-32)38(29-7-5-4-6-8-29)39(31-11-17-36(18-12-31)45(47,48)49)42(33-21-25-50-26-22-33)43(40)34-23-27-51-28-24-34/h4-28H,1-3H3. The molecule has 0 radical (unpaired) electrons. The van der Waals surface area contributed by atoms with E-state index < -0.39 is 11.7 Å². The zero-order valence-electron chi connectivity index (χ0n) is 28.3. The van der Waals surface area contributed by atoms with Crippen molar-refractivity contribution in [1.82, 2.24) is 9.97 Å². The number of hydrogen-bond donors (Lipinski definition) is 0. The fourth-order valence-electron chi connectivity index (χ4n) is 6.70. The smallest absolute Gasteiger partial charge is 0.265 e. The molecule has 0 atom stereocenters. The van der Waals surface area contributed by atoms with Gasteiger partial charge in [0, 0.05) is 29.8 Å². The van der Waals surface area contributed by atoms with Gasteiger partial charge in [-0.2, -0.15) is 13.2 Å². The molecule has 0 aliphatic rings. The van der Waals surface area contributed by atoms with Crippen molar-refractivity contribution < 1.29 is 13.2 Å². The largest absolute Gasteiger partial charge is 0.416 e. The van der Waals surface area contributed by atoms with Crippen LogP contribution in [0.25, 0.3) is 66.8 Å². The third-order valence-electron chi connectivity index (χ3n) is 9.17. The first-order valence-electron chi connectivity index (χ1n) is 16.7. The summed E-state index contributed by atoms with van der Waals surface area (Å²) < 4.78 is 41.8. The maximum Gasteiger partial charge on any atom is 0.416 e. The average Bonchev–Trinajstić information content (AvgIpc) is 3.14. The normalized spacial score (nSPS) is 11.8. The average molecular weight is 695 g/mol. The Hall–Kier alpha value is -5.52. The van der Waals surface area contributed by atoms with Crippen LogP contribution < -0.4 is 0 Å². The maximum absolute atomic E-state index is 13.9. The first kappa shape index (κ1) is 34.0. The van der Waals surface area contributed by atoms with E-state index in [1.54, 1.807) is 36.9 Å². The van der Waals surface area contributed by atoms with E-state index in [2.05, 4.69) is 67.1 Å². The summed E-state index contributed by atoms with van der Waals surface area (Å²) in [6.07, 6.45) is 2.55. The zero-order chi connectivity index (χ0) is 35.8. The molecule has 0 aliphatic carbocycles. The summed E-state index contributed by atoms with van der Waals surface area (Å²) in [6, 6.07) is 39.9. The molecular formula is C45H34ClF3N2. The van der Waals surface area contributed by atoms with Crippen LogP contribution in [0.4, 0.5) is 13.2 Å². The summed E-state index contributed by atoms with van der Waals surface area (Å²) in [7, 11) is 0. The highest BCUT2D eigenvalue weighted by Crippen LogP contribution is 2.56. The van der Waals surface area contributed by atoms with Crippen LogP contribution in [-0.2, 0) is 11.6 Å². The molecule has 0 fully saturated rings. The van der Waals surface area contributed by atoms with Gasteiger partial charge in [-0.15, -0.1) is 0 Å². The van der Waals surface area contributed by atoms with E-state index >= 15 is 0 Å². The van der Waals surface area contributed by atoms with Gasteiger partial charge in [-0.25, -0.2) is 0 Å². The van der Waals surface area contributed by atoms with Crippen LogP contribution in [0.2, 0.25) is 5.02 Å². The number of alkyl halides is 3. The zero-order valence-corrected chi connectivity index (χ0v) is 29.1. The molecule has 0 bridgehead atoms. The predicted molar refractivity (Wildman–Crippen MR) is 203 cm³/mol. The van der Waals surface area contributed by atoms with Crippen LogP contribution in [0.15, 0.2) is 152 Å². The summed E-state index contributed by atoms with van der Waals surface area (Å²) >= 11 is 6.48. The predicted octanol–water partition coefficient (Wildman–Crippen LogP) is 13.4. The Bertz CT molecular complexity index is 2280. The number of benzene rings is 5. The molecule has 0 spiro atoms. The van der Waals surface area contributed by atoms with Gasteiger partial charge in [0.25, 0.3) is 0 Å². The van der Waals surface area contributed by atoms with E-state index in [4.69, 9.17) is 11.6 Å². The van der Waals surface area contributed by atoms with Crippen LogP contribution in [0.3, 0.4) is 0 Å². The molecule has 0 unspecified atom stereocenters. The Morgan fingerprint density at radius 3 is 1.06 bits per heavy atom. The summed E-state index contributed by atoms with van der Waals surface area (Å²) in [5, 5.41) is 0.599. The van der Waals surface area contributed by atoms with Gasteiger partial charge in [0.2, 0.25) is 0 Å². The molecule has 2 aromatic heterocycles. The van der Waals surface area contributed by atoms with Crippen LogP contribution >= 0.6 is 11.6 Å². The summed E-state index contributed by atoms with van der Waals surface area (Å²) in [5.74, 6) is 0. The van der Waals surface area contributed by atoms with E-state index in [9.17, 15) is 13.2 Å². The number of halogens is 4. The summed E-state index contributed by atoms with van der Waals surface area (Å²) in [5.41, 5.74) is 11.1. The molecule has 5 aromatic carbocycles. The topological polar surface area (TPSA) is 25.8 Å². The second-order valence-electron chi connectivity index (χ2n) is 13.5. The van der Waals surface area contributed by atoms with Crippen molar-refractivity contribution in [3.05, 3.63) is 168 Å². The lowest BCUT2D eigenvalue weighted by atomic mass is 9.74. The lowest BCUT2D eigenvalue weighted by Crippen LogP contribution is -2.10. The van der Waals surface area contributed by atoms with Gasteiger partial charge in [0.15, 0.2) is 0 Å². The number of pyridine rings is 2. The Labute approximate surface area is 301 Å². The Kier molecular flexibility index (Phi) is 9.09. The highest BCUT2D eigenvalue weighted by atomic mass is 35.5. The van der Waals surface area contributed by atoms with Gasteiger partial charge in [-0.05, 0) is 126 Å². The minimum absolute atomic E-state index is 0.0602. The van der Waals surface area contributed by atoms with Crippen molar-refractivity contribution in [1.29, 1.82) is 0 Å². The highest BCUT2D eigenvalue weighted by molar-refractivity contribution is 6.30. The minimum Gasteiger partial charge on any atom is -0.265 e. The number of hydrogen-bond acceptors (Lipinski definition) is 2. The molecule has 0 saturated carbocycles. The first-order valence-corrected chi connectivity index (χ1v) is 17.0. The molecule has 0 aliphatic heterocycles. The third-order valence-corrected chi connectivity index (χ3v) is 9.43. The van der Waals surface area contributed by atoms with E-state index in [0.717, 1.165) is 73.3 Å². The Balaban J connectivity index is 1.76. The van der Waals surface area contributed by atoms with Crippen molar-refractivity contribution >= 4 is 11.6 Å². The molecular weight excluding hydrogens is 661 g/mol. The van der Waals surface area contributed by atoms with Gasteiger partial charge in [-0.3, -0.25) is 9.97 Å². The van der Waals surface area contributed by atoms with Gasteiger partial charge >= 0.3 is 6.18 Å². The molecule has 252 valence electrons. The quantitative estimate of drug-likeness (QED) is 0.173. The fraction of sp³-hybridized carbons (Fsp3) is 0.111. The van der Waals surface area contributed by atoms with Gasteiger partial charge in [0.05, 0.1) is 5.56 Å². The SMILES string of the molecule is CC(C)(C)c1ccc(-c2c(-c3ccncc3)c(-c3ccncc3)c(-c3ccc(C(F)(F)F)cc3)c(-c3ccccc3)c2-c2ccc(Cl)cc2)cc1. The maximum atomic E-state index is 13.9. The van der Waals surface area contributed by atoms with E-state index in [1.165, 1.54) is 5.56 Å². The van der Waals surface area contributed by atoms with Gasteiger partial charge in [0.1, 0.15) is 0 Å². The van der Waals surface area contributed by atoms with Crippen LogP contribution in [-0.4, -0.2) is 9.97 Å². The molecule has 7 rings (SSSR count). The molecule has 2 nitrogen and oxygen atoms in total. The summed E-state index contributed by atoms with van der Waals surface area (Å²) in [6.45, 7) is 6.58. The molecule has 7 aromatic rings. The van der Waals surface area contributed by atoms with Gasteiger partial charge < -0.3 is 0 Å². The van der Waals surface area contributed by atoms with E-state index in [-0.39, 0.29) is 5.41 Å². The van der Waals surface area contributed by atoms with Gasteiger partial charge in [-0.1, -0.05) is 111 Å². The number of aromatic nitrogens is 2. The van der Waals surface area contributed by atoms with Crippen LogP contribution in [0.5, 0.6) is 0 Å². The lowest BCUT2D eigenvalue weighted by Gasteiger charge is -2.29. The summed E-state index contributed by atoms with van der Waals surface area (Å²) in [4.78, 5) is 8.69. The van der Waals surface area contributed by atoms with Crippen molar-refractivity contribution in [3.8, 4) is 66.8 Å². The molecule has 6 heteroatoms. The van der Waals surface area contributed by atoms with Crippen molar-refractivity contribution in [2.45, 2.75) is 32.4 Å². The van der Waals surface area contributed by atoms with Crippen LogP contribution in [0.1, 0.15) is 31.9 Å². The molecule has 0 saturated heterocycles. The highest BCUT2D eigenvalue weighted by Gasteiger charge is 2.32. The van der Waals surface area contributed by atoms with Crippen molar-refractivity contribution in [2.24, 2.45) is 0 Å². The molecule has 51 heavy (non-hydrogen) atoms. The second kappa shape index (κ2) is 13.7.